The van der Waals surface area contributed by atoms with Crippen LogP contribution in [0.4, 0.5) is 5.69 Å². The molecule has 1 amide bonds. The predicted molar refractivity (Wildman–Crippen MR) is 78.6 cm³/mol. The molecule has 0 saturated carbocycles. The maximum absolute atomic E-state index is 11.8. The highest BCUT2D eigenvalue weighted by Gasteiger charge is 2.17. The Morgan fingerprint density at radius 1 is 1.47 bits per heavy atom. The highest BCUT2D eigenvalue weighted by Crippen LogP contribution is 2.19. The van der Waals surface area contributed by atoms with Crippen molar-refractivity contribution in [2.24, 2.45) is 0 Å². The first-order valence-corrected chi connectivity index (χ1v) is 6.52. The Hall–Kier alpha value is -1.10. The predicted octanol–water partition coefficient (Wildman–Crippen LogP) is 2.29. The molecule has 0 bridgehead atoms. The number of aliphatic hydroxyl groups is 1. The monoisotopic (exact) mass is 284 g/mol. The summed E-state index contributed by atoms with van der Waals surface area (Å²) in [5.41, 5.74) is 0.832. The maximum Gasteiger partial charge on any atom is 0.238 e. The van der Waals surface area contributed by atoms with Crippen molar-refractivity contribution < 1.29 is 9.90 Å². The van der Waals surface area contributed by atoms with Crippen LogP contribution in [0.3, 0.4) is 0 Å². The standard InChI is InChI=1S/C14H21ClN2O2/c1-10-5-6-11(7-12(10)15)16-13(18)8-17(4)9-14(2,3)19/h5-7,19H,8-9H2,1-4H3,(H,16,18). The first kappa shape index (κ1) is 16.0. The molecule has 0 atom stereocenters. The fraction of sp³-hybridized carbons (Fsp3) is 0.500. The van der Waals surface area contributed by atoms with Crippen molar-refractivity contribution in [1.82, 2.24) is 4.90 Å². The lowest BCUT2D eigenvalue weighted by Crippen LogP contribution is -2.40. The van der Waals surface area contributed by atoms with Crippen LogP contribution in [0.2, 0.25) is 5.02 Å². The van der Waals surface area contributed by atoms with Crippen LogP contribution in [0.25, 0.3) is 0 Å². The molecule has 0 spiro atoms. The van der Waals surface area contributed by atoms with Gasteiger partial charge in [-0.25, -0.2) is 0 Å². The van der Waals surface area contributed by atoms with Crippen LogP contribution < -0.4 is 5.32 Å². The molecule has 1 rings (SSSR count). The molecule has 0 heterocycles. The number of aryl methyl sites for hydroxylation is 1. The van der Waals surface area contributed by atoms with Gasteiger partial charge in [-0.15, -0.1) is 0 Å². The third-order valence-corrected chi connectivity index (χ3v) is 2.93. The average molecular weight is 285 g/mol. The van der Waals surface area contributed by atoms with E-state index in [-0.39, 0.29) is 12.5 Å². The van der Waals surface area contributed by atoms with Crippen molar-refractivity contribution in [3.63, 3.8) is 0 Å². The molecule has 0 radical (unpaired) electrons. The minimum atomic E-state index is -0.817. The Morgan fingerprint density at radius 2 is 2.11 bits per heavy atom. The molecule has 19 heavy (non-hydrogen) atoms. The van der Waals surface area contributed by atoms with Crippen LogP contribution in [-0.4, -0.2) is 41.7 Å². The van der Waals surface area contributed by atoms with Crippen LogP contribution in [0.15, 0.2) is 18.2 Å². The number of carbonyl (C=O) groups is 1. The molecule has 0 unspecified atom stereocenters. The second kappa shape index (κ2) is 6.37. The third-order valence-electron chi connectivity index (χ3n) is 2.53. The molecule has 1 aromatic rings. The maximum atomic E-state index is 11.8. The molecule has 0 aliphatic rings. The van der Waals surface area contributed by atoms with Crippen molar-refractivity contribution in [2.75, 3.05) is 25.5 Å². The summed E-state index contributed by atoms with van der Waals surface area (Å²) in [7, 11) is 1.79. The van der Waals surface area contributed by atoms with Gasteiger partial charge in [0.15, 0.2) is 0 Å². The van der Waals surface area contributed by atoms with E-state index in [9.17, 15) is 9.90 Å². The number of hydrogen-bond acceptors (Lipinski definition) is 3. The Morgan fingerprint density at radius 3 is 2.63 bits per heavy atom. The number of halogens is 1. The van der Waals surface area contributed by atoms with Gasteiger partial charge >= 0.3 is 0 Å². The normalized spacial score (nSPS) is 11.7. The van der Waals surface area contributed by atoms with Crippen LogP contribution in [0.1, 0.15) is 19.4 Å². The molecule has 4 nitrogen and oxygen atoms in total. The largest absolute Gasteiger partial charge is 0.389 e. The van der Waals surface area contributed by atoms with Crippen molar-refractivity contribution >= 4 is 23.2 Å². The molecule has 106 valence electrons. The van der Waals surface area contributed by atoms with Crippen molar-refractivity contribution in [2.45, 2.75) is 26.4 Å². The number of likely N-dealkylation sites (N-methyl/N-ethyl adjacent to an activating group) is 1. The van der Waals surface area contributed by atoms with Gasteiger partial charge in [-0.05, 0) is 45.5 Å². The first-order chi connectivity index (χ1) is 8.67. The van der Waals surface area contributed by atoms with Crippen LogP contribution in [0, 0.1) is 6.92 Å². The van der Waals surface area contributed by atoms with E-state index < -0.39 is 5.60 Å². The van der Waals surface area contributed by atoms with Gasteiger partial charge in [-0.3, -0.25) is 9.69 Å². The van der Waals surface area contributed by atoms with Crippen LogP contribution in [0.5, 0.6) is 0 Å². The van der Waals surface area contributed by atoms with E-state index in [0.717, 1.165) is 5.56 Å². The van der Waals surface area contributed by atoms with Crippen molar-refractivity contribution in [3.05, 3.63) is 28.8 Å². The lowest BCUT2D eigenvalue weighted by molar-refractivity contribution is -0.117. The number of anilines is 1. The Kier molecular flexibility index (Phi) is 5.35. The molecule has 0 aliphatic carbocycles. The number of rotatable bonds is 5. The van der Waals surface area contributed by atoms with Crippen LogP contribution in [-0.2, 0) is 4.79 Å². The van der Waals surface area contributed by atoms with Gasteiger partial charge in [0.2, 0.25) is 5.91 Å². The summed E-state index contributed by atoms with van der Waals surface area (Å²) < 4.78 is 0. The quantitative estimate of drug-likeness (QED) is 0.872. The molecule has 2 N–H and O–H groups in total. The molecule has 1 aromatic carbocycles. The van der Waals surface area contributed by atoms with E-state index in [2.05, 4.69) is 5.32 Å². The topological polar surface area (TPSA) is 52.6 Å². The summed E-state index contributed by atoms with van der Waals surface area (Å²) in [5.74, 6) is -0.133. The highest BCUT2D eigenvalue weighted by molar-refractivity contribution is 6.31. The first-order valence-electron chi connectivity index (χ1n) is 6.14. The van der Waals surface area contributed by atoms with Gasteiger partial charge in [0.1, 0.15) is 0 Å². The van der Waals surface area contributed by atoms with E-state index in [1.807, 2.05) is 19.1 Å². The minimum absolute atomic E-state index is 0.133. The molecule has 0 saturated heterocycles. The number of amides is 1. The molecular formula is C14H21ClN2O2. The number of nitrogens with zero attached hydrogens (tertiary/aromatic N) is 1. The molecular weight excluding hydrogens is 264 g/mol. The van der Waals surface area contributed by atoms with Gasteiger partial charge in [-0.2, -0.15) is 0 Å². The van der Waals surface area contributed by atoms with Crippen molar-refractivity contribution in [1.29, 1.82) is 0 Å². The fourth-order valence-corrected chi connectivity index (χ4v) is 2.01. The number of nitrogens with one attached hydrogen (secondary N) is 1. The molecule has 0 aliphatic heterocycles. The minimum Gasteiger partial charge on any atom is -0.389 e. The van der Waals surface area contributed by atoms with E-state index in [4.69, 9.17) is 11.6 Å². The van der Waals surface area contributed by atoms with E-state index in [1.54, 1.807) is 31.9 Å². The Bertz CT molecular complexity index is 455. The average Bonchev–Trinajstić information content (AvgIpc) is 2.20. The number of benzene rings is 1. The molecule has 0 aromatic heterocycles. The molecule has 5 heteroatoms. The van der Waals surface area contributed by atoms with Gasteiger partial charge in [0.05, 0.1) is 12.1 Å². The smallest absolute Gasteiger partial charge is 0.238 e. The summed E-state index contributed by atoms with van der Waals surface area (Å²) in [6.45, 7) is 5.97. The SMILES string of the molecule is Cc1ccc(NC(=O)CN(C)CC(C)(C)O)cc1Cl. The molecule has 0 fully saturated rings. The Balaban J connectivity index is 2.53. The van der Waals surface area contributed by atoms with E-state index >= 15 is 0 Å². The van der Waals surface area contributed by atoms with Gasteiger partial charge in [-0.1, -0.05) is 17.7 Å². The summed E-state index contributed by atoms with van der Waals surface area (Å²) in [4.78, 5) is 13.6. The number of carbonyl (C=O) groups excluding carboxylic acids is 1. The van der Waals surface area contributed by atoms with Gasteiger partial charge in [0.25, 0.3) is 0 Å². The lowest BCUT2D eigenvalue weighted by atomic mass is 10.1. The van der Waals surface area contributed by atoms with Gasteiger partial charge < -0.3 is 10.4 Å². The number of hydrogen-bond donors (Lipinski definition) is 2. The summed E-state index contributed by atoms with van der Waals surface area (Å²) in [5, 5.41) is 13.1. The highest BCUT2D eigenvalue weighted by atomic mass is 35.5. The third kappa shape index (κ3) is 6.05. The Labute approximate surface area is 119 Å². The van der Waals surface area contributed by atoms with Crippen molar-refractivity contribution in [3.8, 4) is 0 Å². The second-order valence-corrected chi connectivity index (χ2v) is 5.90. The second-order valence-electron chi connectivity index (χ2n) is 5.50. The zero-order valence-electron chi connectivity index (χ0n) is 11.8. The summed E-state index contributed by atoms with van der Waals surface area (Å²) in [6.07, 6.45) is 0. The van der Waals surface area contributed by atoms with Crippen LogP contribution >= 0.6 is 11.6 Å². The zero-order chi connectivity index (χ0) is 14.6. The zero-order valence-corrected chi connectivity index (χ0v) is 12.6. The van der Waals surface area contributed by atoms with E-state index in [1.165, 1.54) is 0 Å². The fourth-order valence-electron chi connectivity index (χ4n) is 1.83. The summed E-state index contributed by atoms with van der Waals surface area (Å²) in [6, 6.07) is 5.40. The lowest BCUT2D eigenvalue weighted by Gasteiger charge is -2.24. The van der Waals surface area contributed by atoms with E-state index in [0.29, 0.717) is 17.3 Å². The van der Waals surface area contributed by atoms with Gasteiger partial charge in [0, 0.05) is 17.3 Å². The summed E-state index contributed by atoms with van der Waals surface area (Å²) >= 11 is 6.00.